The molecular weight excluding hydrogens is 400 g/mol. The molecule has 0 spiro atoms. The van der Waals surface area contributed by atoms with Crippen molar-refractivity contribution < 1.29 is 9.59 Å². The molecule has 1 atom stereocenters. The molecule has 3 N–H and O–H groups in total. The zero-order valence-corrected chi connectivity index (χ0v) is 17.2. The van der Waals surface area contributed by atoms with E-state index >= 15 is 0 Å². The zero-order chi connectivity index (χ0) is 20.3. The third kappa shape index (κ3) is 4.39. The minimum absolute atomic E-state index is 0.120. The van der Waals surface area contributed by atoms with Crippen molar-refractivity contribution in [3.63, 3.8) is 0 Å². The normalized spacial score (nSPS) is 15.7. The highest BCUT2D eigenvalue weighted by Gasteiger charge is 2.35. The minimum atomic E-state index is -0.923. The minimum Gasteiger partial charge on any atom is -0.325 e. The summed E-state index contributed by atoms with van der Waals surface area (Å²) in [5, 5.41) is 6.35. The predicted octanol–water partition coefficient (Wildman–Crippen LogP) is 3.69. The monoisotopic (exact) mass is 420 g/mol. The maximum atomic E-state index is 12.9. The summed E-state index contributed by atoms with van der Waals surface area (Å²) in [6, 6.07) is 5.17. The van der Waals surface area contributed by atoms with Gasteiger partial charge in [0.15, 0.2) is 5.16 Å². The number of thioether (sulfide) groups is 1. The number of benzene rings is 1. The van der Waals surface area contributed by atoms with E-state index in [0.29, 0.717) is 21.4 Å². The van der Waals surface area contributed by atoms with Crippen LogP contribution in [0.15, 0.2) is 28.2 Å². The van der Waals surface area contributed by atoms with Gasteiger partial charge in [-0.15, -0.1) is 0 Å². The van der Waals surface area contributed by atoms with Crippen LogP contribution in [0.5, 0.6) is 0 Å². The van der Waals surface area contributed by atoms with E-state index in [1.807, 2.05) is 0 Å². The Labute approximate surface area is 171 Å². The number of rotatable bonds is 6. The first-order chi connectivity index (χ1) is 13.4. The summed E-state index contributed by atoms with van der Waals surface area (Å²) < 4.78 is 0. The molecule has 0 radical (unpaired) electrons. The number of halogens is 1. The molecule has 2 heterocycles. The van der Waals surface area contributed by atoms with Crippen LogP contribution in [-0.2, 0) is 9.59 Å². The summed E-state index contributed by atoms with van der Waals surface area (Å²) in [4.78, 5) is 44.7. The lowest BCUT2D eigenvalue weighted by molar-refractivity contribution is -0.123. The van der Waals surface area contributed by atoms with Crippen LogP contribution in [0, 0.1) is 6.92 Å². The van der Waals surface area contributed by atoms with Gasteiger partial charge < -0.3 is 15.6 Å². The molecule has 28 heavy (non-hydrogen) atoms. The highest BCUT2D eigenvalue weighted by atomic mass is 35.5. The molecule has 0 saturated carbocycles. The standard InChI is InChI=1S/C19H21ClN4O3S/c1-3-4-8-28-19-23-16-15(18(27)24-19)11(9-14(25)22-16)17(26)21-13-7-5-6-12(20)10(13)2/h5-7,11H,3-4,8-9H2,1-2H3,(H,21,26)(H2,22,23,24,25,27)/t11-/m1/s1. The van der Waals surface area contributed by atoms with Crippen LogP contribution in [-0.4, -0.2) is 27.5 Å². The van der Waals surface area contributed by atoms with Crippen LogP contribution in [0.1, 0.15) is 43.2 Å². The second kappa shape index (κ2) is 8.79. The molecule has 1 aliphatic rings. The molecule has 2 aromatic rings. The van der Waals surface area contributed by atoms with E-state index in [2.05, 4.69) is 27.5 Å². The van der Waals surface area contributed by atoms with E-state index in [1.165, 1.54) is 11.8 Å². The van der Waals surface area contributed by atoms with E-state index in [0.717, 1.165) is 18.6 Å². The lowest BCUT2D eigenvalue weighted by atomic mass is 9.92. The predicted molar refractivity (Wildman–Crippen MR) is 111 cm³/mol. The van der Waals surface area contributed by atoms with Crippen molar-refractivity contribution in [2.45, 2.75) is 44.2 Å². The molecule has 3 rings (SSSR count). The number of nitrogens with zero attached hydrogens (tertiary/aromatic N) is 1. The van der Waals surface area contributed by atoms with Gasteiger partial charge in [-0.25, -0.2) is 4.98 Å². The number of amides is 2. The lowest BCUT2D eigenvalue weighted by Crippen LogP contribution is -2.36. The first-order valence-electron chi connectivity index (χ1n) is 9.03. The lowest BCUT2D eigenvalue weighted by Gasteiger charge is -2.24. The van der Waals surface area contributed by atoms with Crippen LogP contribution in [0.4, 0.5) is 11.5 Å². The number of unbranched alkanes of at least 4 members (excludes halogenated alkanes) is 1. The van der Waals surface area contributed by atoms with Gasteiger partial charge >= 0.3 is 0 Å². The fraction of sp³-hybridized carbons (Fsp3) is 0.368. The van der Waals surface area contributed by atoms with Gasteiger partial charge in [0.1, 0.15) is 5.82 Å². The fourth-order valence-corrected chi connectivity index (χ4v) is 4.04. The molecule has 0 fully saturated rings. The third-order valence-electron chi connectivity index (χ3n) is 4.51. The average molecular weight is 421 g/mol. The SMILES string of the molecule is CCCCSc1nc2c(c(=O)[nH]1)[C@H](C(=O)Nc1cccc(Cl)c1C)CC(=O)N2. The van der Waals surface area contributed by atoms with Gasteiger partial charge in [-0.1, -0.05) is 42.8 Å². The number of aromatic nitrogens is 2. The van der Waals surface area contributed by atoms with Crippen LogP contribution >= 0.6 is 23.4 Å². The van der Waals surface area contributed by atoms with E-state index in [1.54, 1.807) is 25.1 Å². The van der Waals surface area contributed by atoms with Crippen molar-refractivity contribution >= 4 is 46.7 Å². The van der Waals surface area contributed by atoms with Gasteiger partial charge in [-0.2, -0.15) is 0 Å². The van der Waals surface area contributed by atoms with Crippen molar-refractivity contribution in [2.75, 3.05) is 16.4 Å². The number of aromatic amines is 1. The van der Waals surface area contributed by atoms with Gasteiger partial charge in [0, 0.05) is 22.9 Å². The number of carbonyl (C=O) groups is 2. The smallest absolute Gasteiger partial charge is 0.257 e. The second-order valence-corrected chi connectivity index (χ2v) is 8.03. The van der Waals surface area contributed by atoms with Crippen molar-refractivity contribution in [1.82, 2.24) is 9.97 Å². The zero-order valence-electron chi connectivity index (χ0n) is 15.6. The third-order valence-corrected chi connectivity index (χ3v) is 5.88. The van der Waals surface area contributed by atoms with E-state index in [9.17, 15) is 14.4 Å². The molecule has 148 valence electrons. The topological polar surface area (TPSA) is 104 Å². The highest BCUT2D eigenvalue weighted by molar-refractivity contribution is 7.99. The number of hydrogen-bond acceptors (Lipinski definition) is 5. The number of fused-ring (bicyclic) bond motifs is 1. The number of anilines is 2. The van der Waals surface area contributed by atoms with Crippen LogP contribution in [0.3, 0.4) is 0 Å². The number of hydrogen-bond donors (Lipinski definition) is 3. The second-order valence-electron chi connectivity index (χ2n) is 6.54. The molecular formula is C19H21ClN4O3S. The Morgan fingerprint density at radius 3 is 2.93 bits per heavy atom. The van der Waals surface area contributed by atoms with Gasteiger partial charge in [-0.05, 0) is 31.0 Å². The van der Waals surface area contributed by atoms with E-state index in [4.69, 9.17) is 11.6 Å². The summed E-state index contributed by atoms with van der Waals surface area (Å²) in [5.41, 5.74) is 1.03. The molecule has 0 aliphatic carbocycles. The average Bonchev–Trinajstić information content (AvgIpc) is 2.64. The quantitative estimate of drug-likeness (QED) is 0.375. The Bertz CT molecular complexity index is 976. The van der Waals surface area contributed by atoms with Gasteiger partial charge in [0.2, 0.25) is 11.8 Å². The number of nitrogens with one attached hydrogen (secondary N) is 3. The summed E-state index contributed by atoms with van der Waals surface area (Å²) in [6.07, 6.45) is 1.90. The molecule has 1 aromatic carbocycles. The largest absolute Gasteiger partial charge is 0.325 e. The van der Waals surface area contributed by atoms with E-state index < -0.39 is 17.4 Å². The van der Waals surface area contributed by atoms with Crippen LogP contribution in [0.2, 0.25) is 5.02 Å². The Balaban J connectivity index is 1.89. The molecule has 0 unspecified atom stereocenters. The number of carbonyl (C=O) groups excluding carboxylic acids is 2. The molecule has 1 aromatic heterocycles. The Morgan fingerprint density at radius 2 is 2.18 bits per heavy atom. The van der Waals surface area contributed by atoms with E-state index in [-0.39, 0.29) is 23.7 Å². The van der Waals surface area contributed by atoms with Crippen LogP contribution in [0.25, 0.3) is 0 Å². The fourth-order valence-electron chi connectivity index (χ4n) is 2.92. The molecule has 0 saturated heterocycles. The van der Waals surface area contributed by atoms with Crippen molar-refractivity contribution in [3.8, 4) is 0 Å². The molecule has 1 aliphatic heterocycles. The summed E-state index contributed by atoms with van der Waals surface area (Å²) in [7, 11) is 0. The van der Waals surface area contributed by atoms with Gasteiger partial charge in [-0.3, -0.25) is 14.4 Å². The Hall–Kier alpha value is -2.32. The van der Waals surface area contributed by atoms with Crippen LogP contribution < -0.4 is 16.2 Å². The first-order valence-corrected chi connectivity index (χ1v) is 10.4. The Morgan fingerprint density at radius 1 is 1.39 bits per heavy atom. The Kier molecular flexibility index (Phi) is 6.41. The summed E-state index contributed by atoms with van der Waals surface area (Å²) >= 11 is 7.52. The summed E-state index contributed by atoms with van der Waals surface area (Å²) in [5.74, 6) is -0.752. The maximum absolute atomic E-state index is 12.9. The maximum Gasteiger partial charge on any atom is 0.257 e. The van der Waals surface area contributed by atoms with Crippen molar-refractivity contribution in [3.05, 3.63) is 44.7 Å². The van der Waals surface area contributed by atoms with Crippen molar-refractivity contribution in [1.29, 1.82) is 0 Å². The summed E-state index contributed by atoms with van der Waals surface area (Å²) in [6.45, 7) is 3.86. The molecule has 9 heteroatoms. The highest BCUT2D eigenvalue weighted by Crippen LogP contribution is 2.31. The van der Waals surface area contributed by atoms with Crippen molar-refractivity contribution in [2.24, 2.45) is 0 Å². The molecule has 7 nitrogen and oxygen atoms in total. The van der Waals surface area contributed by atoms with Gasteiger partial charge in [0.25, 0.3) is 5.56 Å². The van der Waals surface area contributed by atoms with Gasteiger partial charge in [0.05, 0.1) is 11.5 Å². The molecule has 0 bridgehead atoms. The number of H-pyrrole nitrogens is 1. The first kappa shape index (κ1) is 20.4. The molecule has 2 amide bonds.